The van der Waals surface area contributed by atoms with E-state index in [-0.39, 0.29) is 43.5 Å². The summed E-state index contributed by atoms with van der Waals surface area (Å²) >= 11 is 0. The Kier molecular flexibility index (Phi) is 5.59. The molecule has 6 heteroatoms. The van der Waals surface area contributed by atoms with E-state index in [9.17, 15) is 14.4 Å². The summed E-state index contributed by atoms with van der Waals surface area (Å²) in [5, 5.41) is 2.97. The molecule has 1 heterocycles. The molecular formula is C18H24N2O4. The number of carbonyl (C=O) groups is 3. The van der Waals surface area contributed by atoms with E-state index >= 15 is 0 Å². The van der Waals surface area contributed by atoms with Gasteiger partial charge in [0.05, 0.1) is 7.11 Å². The van der Waals surface area contributed by atoms with Gasteiger partial charge in [-0.05, 0) is 31.9 Å². The summed E-state index contributed by atoms with van der Waals surface area (Å²) in [6, 6.07) is 7.68. The van der Waals surface area contributed by atoms with Crippen molar-refractivity contribution in [1.82, 2.24) is 10.2 Å². The Morgan fingerprint density at radius 1 is 1.21 bits per heavy atom. The molecule has 0 bridgehead atoms. The van der Waals surface area contributed by atoms with Crippen molar-refractivity contribution in [2.24, 2.45) is 0 Å². The number of benzene rings is 1. The minimum Gasteiger partial charge on any atom is -0.496 e. The van der Waals surface area contributed by atoms with Gasteiger partial charge in [-0.25, -0.2) is 0 Å². The van der Waals surface area contributed by atoms with Gasteiger partial charge in [0.15, 0.2) is 0 Å². The summed E-state index contributed by atoms with van der Waals surface area (Å²) < 4.78 is 5.34. The summed E-state index contributed by atoms with van der Waals surface area (Å²) in [6.45, 7) is 4.02. The third-order valence-corrected chi connectivity index (χ3v) is 4.02. The van der Waals surface area contributed by atoms with Crippen LogP contribution in [0.2, 0.25) is 0 Å². The van der Waals surface area contributed by atoms with E-state index in [1.54, 1.807) is 7.11 Å². The molecular weight excluding hydrogens is 308 g/mol. The van der Waals surface area contributed by atoms with E-state index < -0.39 is 5.54 Å². The molecule has 1 aromatic carbocycles. The lowest BCUT2D eigenvalue weighted by molar-refractivity contribution is -0.138. The zero-order chi connectivity index (χ0) is 17.7. The van der Waals surface area contributed by atoms with Crippen molar-refractivity contribution in [2.45, 2.75) is 45.1 Å². The van der Waals surface area contributed by atoms with E-state index in [4.69, 9.17) is 4.74 Å². The molecule has 0 spiro atoms. The van der Waals surface area contributed by atoms with Crippen LogP contribution >= 0.6 is 0 Å². The topological polar surface area (TPSA) is 75.7 Å². The highest BCUT2D eigenvalue weighted by Crippen LogP contribution is 2.22. The predicted molar refractivity (Wildman–Crippen MR) is 89.5 cm³/mol. The van der Waals surface area contributed by atoms with Crippen LogP contribution in [0.3, 0.4) is 0 Å². The smallest absolute Gasteiger partial charge is 0.229 e. The summed E-state index contributed by atoms with van der Waals surface area (Å²) in [5.74, 6) is 0.220. The Morgan fingerprint density at radius 2 is 1.83 bits per heavy atom. The van der Waals surface area contributed by atoms with E-state index in [2.05, 4.69) is 5.32 Å². The molecule has 0 radical (unpaired) electrons. The van der Waals surface area contributed by atoms with Crippen molar-refractivity contribution in [1.29, 1.82) is 0 Å². The molecule has 1 N–H and O–H groups in total. The molecule has 1 saturated heterocycles. The molecule has 1 aliphatic rings. The Hall–Kier alpha value is -2.37. The maximum Gasteiger partial charge on any atom is 0.229 e. The quantitative estimate of drug-likeness (QED) is 0.771. The number of nitrogens with zero attached hydrogens (tertiary/aromatic N) is 1. The standard InChI is InChI=1S/C18H24N2O4/c1-18(2,12-13-6-4-5-7-14(13)24-3)19-15(21)10-11-20-16(22)8-9-17(20)23/h4-7H,8-12H2,1-3H3,(H,19,21). The molecule has 0 aromatic heterocycles. The van der Waals surface area contributed by atoms with Gasteiger partial charge in [0.2, 0.25) is 17.7 Å². The van der Waals surface area contributed by atoms with Crippen LogP contribution in [0.4, 0.5) is 0 Å². The Bertz CT molecular complexity index is 624. The first-order valence-corrected chi connectivity index (χ1v) is 8.08. The molecule has 0 aliphatic carbocycles. The van der Waals surface area contributed by atoms with Crippen LogP contribution < -0.4 is 10.1 Å². The molecule has 2 rings (SSSR count). The van der Waals surface area contributed by atoms with Crippen LogP contribution in [0.5, 0.6) is 5.75 Å². The second-order valence-electron chi connectivity index (χ2n) is 6.61. The third kappa shape index (κ3) is 4.57. The Balaban J connectivity index is 1.89. The molecule has 6 nitrogen and oxygen atoms in total. The van der Waals surface area contributed by atoms with Crippen molar-refractivity contribution in [3.63, 3.8) is 0 Å². The fourth-order valence-corrected chi connectivity index (χ4v) is 2.89. The van der Waals surface area contributed by atoms with Crippen molar-refractivity contribution in [3.8, 4) is 5.75 Å². The SMILES string of the molecule is COc1ccccc1CC(C)(C)NC(=O)CCN1C(=O)CCC1=O. The number of likely N-dealkylation sites (tertiary alicyclic amines) is 1. The molecule has 24 heavy (non-hydrogen) atoms. The Labute approximate surface area is 142 Å². The van der Waals surface area contributed by atoms with Gasteiger partial charge in [-0.1, -0.05) is 18.2 Å². The maximum absolute atomic E-state index is 12.2. The number of imide groups is 1. The number of ether oxygens (including phenoxy) is 1. The number of hydrogen-bond donors (Lipinski definition) is 1. The number of carbonyl (C=O) groups excluding carboxylic acids is 3. The lowest BCUT2D eigenvalue weighted by Gasteiger charge is -2.27. The van der Waals surface area contributed by atoms with Crippen LogP contribution in [0.15, 0.2) is 24.3 Å². The number of amides is 3. The van der Waals surface area contributed by atoms with Gasteiger partial charge in [-0.2, -0.15) is 0 Å². The highest BCUT2D eigenvalue weighted by molar-refractivity contribution is 6.02. The summed E-state index contributed by atoms with van der Waals surface area (Å²) in [7, 11) is 1.62. The number of para-hydroxylation sites is 1. The average molecular weight is 332 g/mol. The molecule has 1 aliphatic heterocycles. The minimum atomic E-state index is -0.468. The minimum absolute atomic E-state index is 0.118. The monoisotopic (exact) mass is 332 g/mol. The van der Waals surface area contributed by atoms with Gasteiger partial charge in [-0.15, -0.1) is 0 Å². The molecule has 130 valence electrons. The number of methoxy groups -OCH3 is 1. The predicted octanol–water partition coefficient (Wildman–Crippen LogP) is 1.67. The van der Waals surface area contributed by atoms with E-state index in [0.29, 0.717) is 6.42 Å². The number of rotatable bonds is 7. The van der Waals surface area contributed by atoms with Gasteiger partial charge in [0, 0.05) is 31.3 Å². The molecule has 0 atom stereocenters. The van der Waals surface area contributed by atoms with Crippen LogP contribution in [0.25, 0.3) is 0 Å². The Morgan fingerprint density at radius 3 is 2.46 bits per heavy atom. The zero-order valence-corrected chi connectivity index (χ0v) is 14.4. The first-order valence-electron chi connectivity index (χ1n) is 8.08. The van der Waals surface area contributed by atoms with Gasteiger partial charge in [0.25, 0.3) is 0 Å². The fraction of sp³-hybridized carbons (Fsp3) is 0.500. The van der Waals surface area contributed by atoms with Crippen LogP contribution in [-0.4, -0.2) is 41.8 Å². The molecule has 3 amide bonds. The molecule has 0 saturated carbocycles. The molecule has 1 aromatic rings. The van der Waals surface area contributed by atoms with E-state index in [0.717, 1.165) is 11.3 Å². The van der Waals surface area contributed by atoms with Gasteiger partial charge in [-0.3, -0.25) is 19.3 Å². The van der Waals surface area contributed by atoms with Crippen LogP contribution in [0.1, 0.15) is 38.7 Å². The van der Waals surface area contributed by atoms with Crippen LogP contribution in [-0.2, 0) is 20.8 Å². The van der Waals surface area contributed by atoms with Crippen molar-refractivity contribution >= 4 is 17.7 Å². The summed E-state index contributed by atoms with van der Waals surface area (Å²) in [4.78, 5) is 36.5. The van der Waals surface area contributed by atoms with Crippen molar-refractivity contribution in [3.05, 3.63) is 29.8 Å². The average Bonchev–Trinajstić information content (AvgIpc) is 2.83. The summed E-state index contributed by atoms with van der Waals surface area (Å²) in [5.41, 5.74) is 0.542. The molecule has 1 fully saturated rings. The number of hydrogen-bond acceptors (Lipinski definition) is 4. The van der Waals surface area contributed by atoms with Gasteiger partial charge in [0.1, 0.15) is 5.75 Å². The summed E-state index contributed by atoms with van der Waals surface area (Å²) in [6.07, 6.45) is 1.23. The lowest BCUT2D eigenvalue weighted by Crippen LogP contribution is -2.46. The molecule has 0 unspecified atom stereocenters. The number of nitrogens with one attached hydrogen (secondary N) is 1. The second-order valence-corrected chi connectivity index (χ2v) is 6.61. The van der Waals surface area contributed by atoms with Crippen molar-refractivity contribution < 1.29 is 19.1 Å². The van der Waals surface area contributed by atoms with Crippen molar-refractivity contribution in [2.75, 3.05) is 13.7 Å². The maximum atomic E-state index is 12.2. The van der Waals surface area contributed by atoms with Crippen LogP contribution in [0, 0.1) is 0 Å². The van der Waals surface area contributed by atoms with E-state index in [1.807, 2.05) is 38.1 Å². The first kappa shape index (κ1) is 18.0. The van der Waals surface area contributed by atoms with Gasteiger partial charge >= 0.3 is 0 Å². The van der Waals surface area contributed by atoms with E-state index in [1.165, 1.54) is 4.90 Å². The third-order valence-electron chi connectivity index (χ3n) is 4.02. The largest absolute Gasteiger partial charge is 0.496 e. The second kappa shape index (κ2) is 7.47. The zero-order valence-electron chi connectivity index (χ0n) is 14.4. The normalized spacial score (nSPS) is 14.9. The lowest BCUT2D eigenvalue weighted by atomic mass is 9.94. The van der Waals surface area contributed by atoms with Gasteiger partial charge < -0.3 is 10.1 Å². The fourth-order valence-electron chi connectivity index (χ4n) is 2.89. The first-order chi connectivity index (χ1) is 11.3. The highest BCUT2D eigenvalue weighted by atomic mass is 16.5. The highest BCUT2D eigenvalue weighted by Gasteiger charge is 2.29.